The van der Waals surface area contributed by atoms with Crippen LogP contribution in [0.1, 0.15) is 67.0 Å². The summed E-state index contributed by atoms with van der Waals surface area (Å²) in [6.45, 7) is 1.03. The molecule has 2 N–H and O–H groups in total. The number of rotatable bonds is 10. The molecule has 30 heavy (non-hydrogen) atoms. The zero-order valence-corrected chi connectivity index (χ0v) is 18.2. The SMILES string of the molecule is O=C(O)C[C@H](CCCCCCc1ccc2c(n1)NCCC2)c1cc2ccccc2s1. The van der Waals surface area contributed by atoms with Gasteiger partial charge < -0.3 is 10.4 Å². The van der Waals surface area contributed by atoms with Crippen molar-refractivity contribution < 1.29 is 9.90 Å². The number of aliphatic carboxylic acids is 1. The van der Waals surface area contributed by atoms with E-state index in [2.05, 4.69) is 35.6 Å². The lowest BCUT2D eigenvalue weighted by molar-refractivity contribution is -0.137. The second-order valence-corrected chi connectivity index (χ2v) is 9.39. The van der Waals surface area contributed by atoms with E-state index in [1.165, 1.54) is 39.1 Å². The molecule has 3 heterocycles. The maximum atomic E-state index is 11.4. The molecule has 4 rings (SSSR count). The highest BCUT2D eigenvalue weighted by atomic mass is 32.1. The van der Waals surface area contributed by atoms with E-state index in [9.17, 15) is 9.90 Å². The van der Waals surface area contributed by atoms with Gasteiger partial charge in [-0.25, -0.2) is 4.98 Å². The van der Waals surface area contributed by atoms with E-state index < -0.39 is 5.97 Å². The normalized spacial score (nSPS) is 14.3. The molecular weight excluding hydrogens is 392 g/mol. The number of aryl methyl sites for hydroxylation is 2. The summed E-state index contributed by atoms with van der Waals surface area (Å²) in [5.41, 5.74) is 2.52. The molecule has 4 nitrogen and oxygen atoms in total. The third-order valence-electron chi connectivity index (χ3n) is 5.96. The van der Waals surface area contributed by atoms with Crippen LogP contribution in [0, 0.1) is 0 Å². The Labute approximate surface area is 182 Å². The third-order valence-corrected chi connectivity index (χ3v) is 7.23. The first-order chi connectivity index (χ1) is 14.7. The second-order valence-electron chi connectivity index (χ2n) is 8.27. The Morgan fingerprint density at radius 2 is 2.00 bits per heavy atom. The Bertz CT molecular complexity index is 965. The van der Waals surface area contributed by atoms with Crippen LogP contribution in [0.5, 0.6) is 0 Å². The highest BCUT2D eigenvalue weighted by Gasteiger charge is 2.18. The average Bonchev–Trinajstić information content (AvgIpc) is 3.19. The number of hydrogen-bond acceptors (Lipinski definition) is 4. The van der Waals surface area contributed by atoms with Crippen molar-refractivity contribution in [1.82, 2.24) is 4.98 Å². The van der Waals surface area contributed by atoms with Crippen molar-refractivity contribution in [2.75, 3.05) is 11.9 Å². The standard InChI is InChI=1S/C25H30N2O2S/c28-24(29)17-20(23-16-19-9-5-6-12-22(19)30-23)8-3-1-2-4-11-21-14-13-18-10-7-15-26-25(18)27-21/h5-6,9,12-14,16,20H,1-4,7-8,10-11,15,17H2,(H,26,27)(H,28,29)/t20-/m0/s1. The van der Waals surface area contributed by atoms with Gasteiger partial charge in [-0.1, -0.05) is 43.5 Å². The number of benzene rings is 1. The number of nitrogens with one attached hydrogen (secondary N) is 1. The first kappa shape index (κ1) is 20.9. The summed E-state index contributed by atoms with van der Waals surface area (Å²) in [5, 5.41) is 14.0. The lowest BCUT2D eigenvalue weighted by Gasteiger charge is -2.17. The molecule has 5 heteroatoms. The molecule has 1 atom stereocenters. The number of carbonyl (C=O) groups is 1. The quantitative estimate of drug-likeness (QED) is 0.371. The fourth-order valence-corrected chi connectivity index (χ4v) is 5.52. The van der Waals surface area contributed by atoms with Crippen LogP contribution in [0.2, 0.25) is 0 Å². The van der Waals surface area contributed by atoms with Crippen molar-refractivity contribution in [3.63, 3.8) is 0 Å². The smallest absolute Gasteiger partial charge is 0.303 e. The number of unbranched alkanes of at least 4 members (excludes halogenated alkanes) is 3. The molecule has 0 radical (unpaired) electrons. The molecule has 1 aromatic carbocycles. The molecule has 0 saturated heterocycles. The van der Waals surface area contributed by atoms with Crippen molar-refractivity contribution in [2.45, 2.75) is 63.7 Å². The monoisotopic (exact) mass is 422 g/mol. The highest BCUT2D eigenvalue weighted by Crippen LogP contribution is 2.35. The molecular formula is C25H30N2O2S. The van der Waals surface area contributed by atoms with Crippen LogP contribution < -0.4 is 5.32 Å². The molecule has 0 amide bonds. The molecule has 0 unspecified atom stereocenters. The molecule has 2 aromatic heterocycles. The summed E-state index contributed by atoms with van der Waals surface area (Å²) in [7, 11) is 0. The molecule has 0 spiro atoms. The van der Waals surface area contributed by atoms with Gasteiger partial charge in [0.15, 0.2) is 0 Å². The predicted octanol–water partition coefficient (Wildman–Crippen LogP) is 6.41. The van der Waals surface area contributed by atoms with E-state index in [0.717, 1.165) is 50.9 Å². The third kappa shape index (κ3) is 5.39. The summed E-state index contributed by atoms with van der Waals surface area (Å²) in [6.07, 6.45) is 9.03. The Hall–Kier alpha value is -2.40. The van der Waals surface area contributed by atoms with Gasteiger partial charge in [-0.15, -0.1) is 11.3 Å². The largest absolute Gasteiger partial charge is 0.481 e. The topological polar surface area (TPSA) is 62.2 Å². The van der Waals surface area contributed by atoms with Crippen LogP contribution in [0.15, 0.2) is 42.5 Å². The van der Waals surface area contributed by atoms with Crippen molar-refractivity contribution in [1.29, 1.82) is 0 Å². The maximum absolute atomic E-state index is 11.4. The van der Waals surface area contributed by atoms with Crippen LogP contribution in [-0.2, 0) is 17.6 Å². The Balaban J connectivity index is 1.24. The fourth-order valence-electron chi connectivity index (χ4n) is 4.32. The number of fused-ring (bicyclic) bond motifs is 2. The minimum absolute atomic E-state index is 0.119. The van der Waals surface area contributed by atoms with Gasteiger partial charge in [0, 0.05) is 27.7 Å². The summed E-state index contributed by atoms with van der Waals surface area (Å²) >= 11 is 1.75. The van der Waals surface area contributed by atoms with Crippen LogP contribution >= 0.6 is 11.3 Å². The van der Waals surface area contributed by atoms with Gasteiger partial charge in [0.05, 0.1) is 6.42 Å². The predicted molar refractivity (Wildman–Crippen MR) is 125 cm³/mol. The lowest BCUT2D eigenvalue weighted by atomic mass is 9.95. The lowest BCUT2D eigenvalue weighted by Crippen LogP contribution is -2.13. The van der Waals surface area contributed by atoms with Gasteiger partial charge in [0.2, 0.25) is 0 Å². The van der Waals surface area contributed by atoms with Gasteiger partial charge in [0.25, 0.3) is 0 Å². The number of carboxylic acids is 1. The second kappa shape index (κ2) is 10.1. The van der Waals surface area contributed by atoms with Crippen LogP contribution in [0.4, 0.5) is 5.82 Å². The summed E-state index contributed by atoms with van der Waals surface area (Å²) < 4.78 is 1.25. The zero-order chi connectivity index (χ0) is 20.8. The van der Waals surface area contributed by atoms with Crippen molar-refractivity contribution in [2.24, 2.45) is 0 Å². The number of anilines is 1. The number of pyridine rings is 1. The van der Waals surface area contributed by atoms with Crippen LogP contribution in [-0.4, -0.2) is 22.6 Å². The summed E-state index contributed by atoms with van der Waals surface area (Å²) in [5.74, 6) is 0.497. The maximum Gasteiger partial charge on any atom is 0.303 e. The van der Waals surface area contributed by atoms with Gasteiger partial charge >= 0.3 is 5.97 Å². The molecule has 0 aliphatic carbocycles. The molecule has 1 aliphatic rings. The first-order valence-corrected chi connectivity index (χ1v) is 11.9. The zero-order valence-electron chi connectivity index (χ0n) is 17.4. The van der Waals surface area contributed by atoms with Gasteiger partial charge in [-0.2, -0.15) is 0 Å². The molecule has 0 saturated carbocycles. The number of carboxylic acid groups (broad SMARTS) is 1. The van der Waals surface area contributed by atoms with E-state index >= 15 is 0 Å². The van der Waals surface area contributed by atoms with E-state index in [1.54, 1.807) is 11.3 Å². The first-order valence-electron chi connectivity index (χ1n) is 11.1. The van der Waals surface area contributed by atoms with Crippen molar-refractivity contribution in [3.8, 4) is 0 Å². The van der Waals surface area contributed by atoms with Gasteiger partial charge in [0.1, 0.15) is 5.82 Å². The van der Waals surface area contributed by atoms with E-state index in [4.69, 9.17) is 4.98 Å². The van der Waals surface area contributed by atoms with Crippen molar-refractivity contribution >= 4 is 33.2 Å². The van der Waals surface area contributed by atoms with E-state index in [0.29, 0.717) is 0 Å². The Morgan fingerprint density at radius 1 is 1.13 bits per heavy atom. The number of thiophene rings is 1. The summed E-state index contributed by atoms with van der Waals surface area (Å²) in [6, 6.07) is 14.9. The molecule has 0 bridgehead atoms. The number of aromatic nitrogens is 1. The number of nitrogens with zero attached hydrogens (tertiary/aromatic N) is 1. The van der Waals surface area contributed by atoms with Gasteiger partial charge in [-0.3, -0.25) is 4.79 Å². The van der Waals surface area contributed by atoms with Crippen LogP contribution in [0.25, 0.3) is 10.1 Å². The minimum Gasteiger partial charge on any atom is -0.481 e. The van der Waals surface area contributed by atoms with Crippen LogP contribution in [0.3, 0.4) is 0 Å². The molecule has 1 aliphatic heterocycles. The molecule has 0 fully saturated rings. The molecule has 158 valence electrons. The molecule has 3 aromatic rings. The highest BCUT2D eigenvalue weighted by molar-refractivity contribution is 7.19. The average molecular weight is 423 g/mol. The van der Waals surface area contributed by atoms with E-state index in [1.807, 2.05) is 12.1 Å². The minimum atomic E-state index is -0.704. The van der Waals surface area contributed by atoms with Gasteiger partial charge in [-0.05, 0) is 61.3 Å². The Kier molecular flexibility index (Phi) is 7.00. The van der Waals surface area contributed by atoms with Crippen molar-refractivity contribution in [3.05, 3.63) is 58.6 Å². The fraction of sp³-hybridized carbons (Fsp3) is 0.440. The van der Waals surface area contributed by atoms with E-state index in [-0.39, 0.29) is 12.3 Å². The summed E-state index contributed by atoms with van der Waals surface area (Å²) in [4.78, 5) is 17.4. The number of hydrogen-bond donors (Lipinski definition) is 2. The Morgan fingerprint density at radius 3 is 2.87 bits per heavy atom.